The van der Waals surface area contributed by atoms with E-state index in [2.05, 4.69) is 16.3 Å². The van der Waals surface area contributed by atoms with Crippen molar-refractivity contribution < 1.29 is 22.0 Å². The molecule has 1 aromatic rings. The van der Waals surface area contributed by atoms with Gasteiger partial charge in [0.05, 0.1) is 6.54 Å². The molecule has 1 aromatic heterocycles. The predicted octanol–water partition coefficient (Wildman–Crippen LogP) is 5.51. The number of alkyl halides is 5. The summed E-state index contributed by atoms with van der Waals surface area (Å²) >= 11 is 1.73. The summed E-state index contributed by atoms with van der Waals surface area (Å²) in [6, 6.07) is 4.87. The first kappa shape index (κ1) is 20.5. The van der Waals surface area contributed by atoms with Gasteiger partial charge in [0.15, 0.2) is 0 Å². The van der Waals surface area contributed by atoms with Crippen molar-refractivity contribution in [1.82, 2.24) is 9.80 Å². The van der Waals surface area contributed by atoms with Crippen LogP contribution in [0.3, 0.4) is 0 Å². The molecule has 2 atom stereocenters. The van der Waals surface area contributed by atoms with Crippen molar-refractivity contribution in [1.29, 1.82) is 0 Å². The smallest absolute Gasteiger partial charge is 0.295 e. The third kappa shape index (κ3) is 4.87. The number of hydrogen-bond acceptors (Lipinski definition) is 3. The SMILES string of the molecule is FC(F)(F)CN1CCC(N(C2CCC(F)(F)CC2)C2CC2c2cccs2)CC1. The second-order valence-corrected chi connectivity index (χ2v) is 9.56. The molecule has 2 unspecified atom stereocenters. The van der Waals surface area contributed by atoms with Crippen LogP contribution in [-0.2, 0) is 0 Å². The zero-order chi connectivity index (χ0) is 19.9. The molecule has 0 radical (unpaired) electrons. The van der Waals surface area contributed by atoms with Crippen LogP contribution in [0.1, 0.15) is 55.7 Å². The normalized spacial score (nSPS) is 30.1. The van der Waals surface area contributed by atoms with Crippen LogP contribution in [0, 0.1) is 0 Å². The van der Waals surface area contributed by atoms with Gasteiger partial charge in [-0.15, -0.1) is 11.3 Å². The van der Waals surface area contributed by atoms with E-state index in [0.717, 1.165) is 6.42 Å². The number of halogens is 5. The zero-order valence-corrected chi connectivity index (χ0v) is 16.6. The summed E-state index contributed by atoms with van der Waals surface area (Å²) in [4.78, 5) is 5.27. The average Bonchev–Trinajstić information content (AvgIpc) is 3.19. The summed E-state index contributed by atoms with van der Waals surface area (Å²) < 4.78 is 65.4. The minimum absolute atomic E-state index is 0.0720. The molecule has 2 heterocycles. The van der Waals surface area contributed by atoms with Crippen molar-refractivity contribution >= 4 is 11.3 Å². The van der Waals surface area contributed by atoms with Crippen LogP contribution in [0.15, 0.2) is 17.5 Å². The second kappa shape index (κ2) is 7.84. The largest absolute Gasteiger partial charge is 0.401 e. The number of likely N-dealkylation sites (tertiary alicyclic amines) is 1. The molecule has 0 amide bonds. The van der Waals surface area contributed by atoms with Crippen LogP contribution < -0.4 is 0 Å². The van der Waals surface area contributed by atoms with E-state index in [4.69, 9.17) is 0 Å². The Morgan fingerprint density at radius 2 is 1.71 bits per heavy atom. The van der Waals surface area contributed by atoms with Gasteiger partial charge in [-0.1, -0.05) is 6.07 Å². The van der Waals surface area contributed by atoms with Crippen LogP contribution in [0.5, 0.6) is 0 Å². The van der Waals surface area contributed by atoms with Gasteiger partial charge in [0.1, 0.15) is 0 Å². The van der Waals surface area contributed by atoms with Gasteiger partial charge in [0, 0.05) is 41.8 Å². The monoisotopic (exact) mass is 422 g/mol. The zero-order valence-electron chi connectivity index (χ0n) is 15.8. The molecular weight excluding hydrogens is 395 g/mol. The fourth-order valence-corrected chi connectivity index (χ4v) is 6.01. The van der Waals surface area contributed by atoms with Crippen molar-refractivity contribution in [2.45, 2.75) is 81.1 Å². The van der Waals surface area contributed by atoms with Gasteiger partial charge >= 0.3 is 6.18 Å². The van der Waals surface area contributed by atoms with Gasteiger partial charge < -0.3 is 0 Å². The van der Waals surface area contributed by atoms with E-state index < -0.39 is 18.6 Å². The summed E-state index contributed by atoms with van der Waals surface area (Å²) in [5.41, 5.74) is 0. The first-order valence-electron chi connectivity index (χ1n) is 10.2. The maximum atomic E-state index is 13.7. The van der Waals surface area contributed by atoms with E-state index in [-0.39, 0.29) is 24.9 Å². The number of piperidine rings is 1. The lowest BCUT2D eigenvalue weighted by Crippen LogP contribution is -2.52. The summed E-state index contributed by atoms with van der Waals surface area (Å²) in [6.45, 7) is 0.0104. The lowest BCUT2D eigenvalue weighted by atomic mass is 9.88. The predicted molar refractivity (Wildman–Crippen MR) is 100 cm³/mol. The number of rotatable bonds is 5. The molecule has 158 valence electrons. The molecule has 8 heteroatoms. The van der Waals surface area contributed by atoms with Crippen LogP contribution >= 0.6 is 11.3 Å². The van der Waals surface area contributed by atoms with E-state index in [1.54, 1.807) is 11.3 Å². The Labute approximate surface area is 166 Å². The molecule has 0 N–H and O–H groups in total. The van der Waals surface area contributed by atoms with Crippen LogP contribution in [-0.4, -0.2) is 59.7 Å². The highest BCUT2D eigenvalue weighted by Crippen LogP contribution is 2.50. The Bertz CT molecular complexity index is 630. The minimum Gasteiger partial charge on any atom is -0.295 e. The molecule has 4 rings (SSSR count). The standard InChI is InChI=1S/C20H27F5N2S/c21-19(22)7-3-14(4-8-19)27(17-12-16(17)18-2-1-11-28-18)15-5-9-26(10-6-15)13-20(23,24)25/h1-2,11,14-17H,3-10,12-13H2. The molecule has 2 saturated carbocycles. The Balaban J connectivity index is 1.42. The Hall–Kier alpha value is -0.730. The molecule has 1 saturated heterocycles. The number of nitrogens with zero attached hydrogens (tertiary/aromatic N) is 2. The number of thiophene rings is 1. The van der Waals surface area contributed by atoms with Crippen molar-refractivity contribution in [3.63, 3.8) is 0 Å². The van der Waals surface area contributed by atoms with Crippen LogP contribution in [0.4, 0.5) is 22.0 Å². The minimum atomic E-state index is -4.16. The Kier molecular flexibility index (Phi) is 5.75. The summed E-state index contributed by atoms with van der Waals surface area (Å²) in [5, 5.41) is 2.06. The van der Waals surface area contributed by atoms with Gasteiger partial charge in [0.25, 0.3) is 0 Å². The average molecular weight is 423 g/mol. The van der Waals surface area contributed by atoms with E-state index in [9.17, 15) is 22.0 Å². The topological polar surface area (TPSA) is 6.48 Å². The first-order chi connectivity index (χ1) is 13.2. The third-order valence-corrected chi connectivity index (χ3v) is 7.54. The van der Waals surface area contributed by atoms with E-state index in [0.29, 0.717) is 50.7 Å². The summed E-state index contributed by atoms with van der Waals surface area (Å²) in [6.07, 6.45) is -0.909. The van der Waals surface area contributed by atoms with E-state index in [1.165, 1.54) is 9.78 Å². The summed E-state index contributed by atoms with van der Waals surface area (Å²) in [7, 11) is 0. The molecular formula is C20H27F5N2S. The summed E-state index contributed by atoms with van der Waals surface area (Å²) in [5.74, 6) is -2.11. The second-order valence-electron chi connectivity index (χ2n) is 8.58. The van der Waals surface area contributed by atoms with E-state index in [1.807, 2.05) is 6.07 Å². The van der Waals surface area contributed by atoms with Gasteiger partial charge in [-0.2, -0.15) is 13.2 Å². The molecule has 2 nitrogen and oxygen atoms in total. The fraction of sp³-hybridized carbons (Fsp3) is 0.800. The third-order valence-electron chi connectivity index (χ3n) is 6.54. The molecule has 2 aliphatic carbocycles. The molecule has 0 bridgehead atoms. The lowest BCUT2D eigenvalue weighted by Gasteiger charge is -2.45. The Morgan fingerprint density at radius 3 is 2.29 bits per heavy atom. The Morgan fingerprint density at radius 1 is 1.07 bits per heavy atom. The molecule has 3 fully saturated rings. The highest BCUT2D eigenvalue weighted by atomic mass is 32.1. The lowest BCUT2D eigenvalue weighted by molar-refractivity contribution is -0.149. The molecule has 0 aromatic carbocycles. The maximum Gasteiger partial charge on any atom is 0.401 e. The number of hydrogen-bond donors (Lipinski definition) is 0. The van der Waals surface area contributed by atoms with Gasteiger partial charge in [-0.3, -0.25) is 9.80 Å². The van der Waals surface area contributed by atoms with Crippen LogP contribution in [0.25, 0.3) is 0 Å². The van der Waals surface area contributed by atoms with Crippen molar-refractivity contribution in [3.05, 3.63) is 22.4 Å². The van der Waals surface area contributed by atoms with Crippen LogP contribution in [0.2, 0.25) is 0 Å². The molecule has 1 aliphatic heterocycles. The van der Waals surface area contributed by atoms with Gasteiger partial charge in [-0.05, 0) is 56.6 Å². The van der Waals surface area contributed by atoms with Gasteiger partial charge in [-0.25, -0.2) is 8.78 Å². The molecule has 28 heavy (non-hydrogen) atoms. The fourth-order valence-electron chi connectivity index (χ4n) is 5.11. The molecule has 0 spiro atoms. The van der Waals surface area contributed by atoms with Crippen molar-refractivity contribution in [2.24, 2.45) is 0 Å². The van der Waals surface area contributed by atoms with E-state index >= 15 is 0 Å². The highest BCUT2D eigenvalue weighted by Gasteiger charge is 2.50. The quantitative estimate of drug-likeness (QED) is 0.578. The molecule has 3 aliphatic rings. The maximum absolute atomic E-state index is 13.7. The van der Waals surface area contributed by atoms with Crippen molar-refractivity contribution in [3.8, 4) is 0 Å². The van der Waals surface area contributed by atoms with Gasteiger partial charge in [0.2, 0.25) is 5.92 Å². The first-order valence-corrected chi connectivity index (χ1v) is 11.1. The van der Waals surface area contributed by atoms with Crippen molar-refractivity contribution in [2.75, 3.05) is 19.6 Å². The highest BCUT2D eigenvalue weighted by molar-refractivity contribution is 7.10.